The largest absolute Gasteiger partial charge is 0.386 e. The number of epoxide rings is 1. The number of aliphatic hydroxyl groups excluding tert-OH is 1. The molecule has 74 valence electrons. The van der Waals surface area contributed by atoms with Crippen molar-refractivity contribution in [3.63, 3.8) is 0 Å². The molecule has 0 aromatic rings. The summed E-state index contributed by atoms with van der Waals surface area (Å²) in [7, 11) is 0. The lowest BCUT2D eigenvalue weighted by atomic mass is 9.84. The van der Waals surface area contributed by atoms with Crippen LogP contribution >= 0.6 is 0 Å². The lowest BCUT2D eigenvalue weighted by Crippen LogP contribution is -2.32. The molecule has 1 saturated heterocycles. The minimum absolute atomic E-state index is 0.185. The van der Waals surface area contributed by atoms with E-state index < -0.39 is 0 Å². The van der Waals surface area contributed by atoms with Gasteiger partial charge in [-0.25, -0.2) is 0 Å². The van der Waals surface area contributed by atoms with Crippen molar-refractivity contribution in [2.45, 2.75) is 57.3 Å². The number of hydrogen-bond donors (Lipinski definition) is 1. The van der Waals surface area contributed by atoms with E-state index in [2.05, 4.69) is 0 Å². The highest BCUT2D eigenvalue weighted by Gasteiger charge is 2.60. The van der Waals surface area contributed by atoms with E-state index in [1.165, 1.54) is 18.4 Å². The summed E-state index contributed by atoms with van der Waals surface area (Å²) in [6.07, 6.45) is 6.49. The molecule has 0 aromatic heterocycles. The van der Waals surface area contributed by atoms with Gasteiger partial charge in [0, 0.05) is 0 Å². The quantitative estimate of drug-likeness (QED) is 0.523. The average molecular weight is 182 g/mol. The zero-order valence-electron chi connectivity index (χ0n) is 8.42. The normalized spacial score (nSPS) is 39.2. The zero-order chi connectivity index (χ0) is 9.47. The number of aliphatic hydroxyl groups is 1. The van der Waals surface area contributed by atoms with Crippen LogP contribution in [-0.4, -0.2) is 22.9 Å². The maximum Gasteiger partial charge on any atom is 0.124 e. The Kier molecular flexibility index (Phi) is 2.20. The van der Waals surface area contributed by atoms with Crippen molar-refractivity contribution >= 4 is 0 Å². The first-order chi connectivity index (χ1) is 6.15. The van der Waals surface area contributed by atoms with Crippen molar-refractivity contribution in [1.82, 2.24) is 0 Å². The van der Waals surface area contributed by atoms with E-state index in [4.69, 9.17) is 4.74 Å². The molecule has 0 amide bonds. The second-order valence-electron chi connectivity index (χ2n) is 4.50. The second-order valence-corrected chi connectivity index (χ2v) is 4.50. The SMILES string of the molecule is CC(C)=CC(O)C12CCCCC1O2. The van der Waals surface area contributed by atoms with Crippen LogP contribution in [0.5, 0.6) is 0 Å². The van der Waals surface area contributed by atoms with Gasteiger partial charge in [-0.1, -0.05) is 24.5 Å². The van der Waals surface area contributed by atoms with Gasteiger partial charge in [0.1, 0.15) is 11.7 Å². The molecule has 13 heavy (non-hydrogen) atoms. The lowest BCUT2D eigenvalue weighted by molar-refractivity contribution is 0.103. The highest BCUT2D eigenvalue weighted by atomic mass is 16.6. The molecule has 0 bridgehead atoms. The maximum absolute atomic E-state index is 9.94. The van der Waals surface area contributed by atoms with E-state index >= 15 is 0 Å². The van der Waals surface area contributed by atoms with Gasteiger partial charge in [0.05, 0.1) is 6.10 Å². The Morgan fingerprint density at radius 3 is 2.92 bits per heavy atom. The van der Waals surface area contributed by atoms with Crippen molar-refractivity contribution in [2.75, 3.05) is 0 Å². The fourth-order valence-electron chi connectivity index (χ4n) is 2.35. The summed E-state index contributed by atoms with van der Waals surface area (Å²) >= 11 is 0. The third-order valence-electron chi connectivity index (χ3n) is 3.13. The summed E-state index contributed by atoms with van der Waals surface area (Å²) in [5, 5.41) is 9.94. The zero-order valence-corrected chi connectivity index (χ0v) is 8.42. The van der Waals surface area contributed by atoms with E-state index in [0.29, 0.717) is 6.10 Å². The van der Waals surface area contributed by atoms with Gasteiger partial charge in [0.15, 0.2) is 0 Å². The predicted octanol–water partition coefficient (Wildman–Crippen LogP) is 2.03. The standard InChI is InChI=1S/C11H18O2/c1-8(2)7-9(12)11-6-4-3-5-10(11)13-11/h7,9-10,12H,3-6H2,1-2H3. The van der Waals surface area contributed by atoms with Crippen molar-refractivity contribution in [3.05, 3.63) is 11.6 Å². The van der Waals surface area contributed by atoms with Gasteiger partial charge in [-0.2, -0.15) is 0 Å². The molecule has 1 aliphatic carbocycles. The molecule has 2 rings (SSSR count). The molecule has 2 nitrogen and oxygen atoms in total. The van der Waals surface area contributed by atoms with Crippen LogP contribution in [-0.2, 0) is 4.74 Å². The number of rotatable bonds is 2. The summed E-state index contributed by atoms with van der Waals surface area (Å²) < 4.78 is 5.63. The van der Waals surface area contributed by atoms with Crippen LogP contribution in [0.25, 0.3) is 0 Å². The summed E-state index contributed by atoms with van der Waals surface area (Å²) in [6.45, 7) is 4.03. The molecule has 0 radical (unpaired) electrons. The highest BCUT2D eigenvalue weighted by molar-refractivity contribution is 5.17. The first-order valence-corrected chi connectivity index (χ1v) is 5.16. The smallest absolute Gasteiger partial charge is 0.124 e. The molecular formula is C11H18O2. The molecule has 3 unspecified atom stereocenters. The summed E-state index contributed by atoms with van der Waals surface area (Å²) in [5.74, 6) is 0. The third kappa shape index (κ3) is 1.53. The Morgan fingerprint density at radius 1 is 1.54 bits per heavy atom. The predicted molar refractivity (Wildman–Crippen MR) is 51.5 cm³/mol. The topological polar surface area (TPSA) is 32.8 Å². The Labute approximate surface area is 79.6 Å². The van der Waals surface area contributed by atoms with E-state index in [1.807, 2.05) is 19.9 Å². The minimum Gasteiger partial charge on any atom is -0.386 e. The van der Waals surface area contributed by atoms with Gasteiger partial charge in [0.25, 0.3) is 0 Å². The Hall–Kier alpha value is -0.340. The van der Waals surface area contributed by atoms with E-state index in [-0.39, 0.29) is 11.7 Å². The first kappa shape index (κ1) is 9.22. The maximum atomic E-state index is 9.94. The summed E-state index contributed by atoms with van der Waals surface area (Å²) in [4.78, 5) is 0. The molecule has 1 saturated carbocycles. The van der Waals surface area contributed by atoms with Crippen LogP contribution in [0.1, 0.15) is 39.5 Å². The van der Waals surface area contributed by atoms with Crippen LogP contribution in [0.15, 0.2) is 11.6 Å². The molecule has 2 aliphatic rings. The Balaban J connectivity index is 2.04. The van der Waals surface area contributed by atoms with Gasteiger partial charge in [-0.3, -0.25) is 0 Å². The van der Waals surface area contributed by atoms with Crippen LogP contribution in [0.2, 0.25) is 0 Å². The van der Waals surface area contributed by atoms with Crippen LogP contribution in [0, 0.1) is 0 Å². The number of fused-ring (bicyclic) bond motifs is 1. The van der Waals surface area contributed by atoms with Crippen molar-refractivity contribution in [2.24, 2.45) is 0 Å². The minimum atomic E-state index is -0.386. The van der Waals surface area contributed by atoms with Crippen molar-refractivity contribution < 1.29 is 9.84 Å². The molecule has 1 aliphatic heterocycles. The molecule has 1 heterocycles. The van der Waals surface area contributed by atoms with Crippen molar-refractivity contribution in [1.29, 1.82) is 0 Å². The highest BCUT2D eigenvalue weighted by Crippen LogP contribution is 2.50. The monoisotopic (exact) mass is 182 g/mol. The van der Waals surface area contributed by atoms with E-state index in [1.54, 1.807) is 0 Å². The summed E-state index contributed by atoms with van der Waals surface area (Å²) in [5.41, 5.74) is 0.983. The summed E-state index contributed by atoms with van der Waals surface area (Å²) in [6, 6.07) is 0. The fraction of sp³-hybridized carbons (Fsp3) is 0.818. The molecule has 1 N–H and O–H groups in total. The Morgan fingerprint density at radius 2 is 2.31 bits per heavy atom. The second kappa shape index (κ2) is 3.10. The molecule has 2 heteroatoms. The molecule has 3 atom stereocenters. The van der Waals surface area contributed by atoms with Gasteiger partial charge in [0.2, 0.25) is 0 Å². The average Bonchev–Trinajstić information content (AvgIpc) is 2.77. The van der Waals surface area contributed by atoms with Crippen LogP contribution in [0.3, 0.4) is 0 Å². The fourth-order valence-corrected chi connectivity index (χ4v) is 2.35. The van der Waals surface area contributed by atoms with Gasteiger partial charge >= 0.3 is 0 Å². The van der Waals surface area contributed by atoms with Gasteiger partial charge in [-0.15, -0.1) is 0 Å². The van der Waals surface area contributed by atoms with E-state index in [9.17, 15) is 5.11 Å². The first-order valence-electron chi connectivity index (χ1n) is 5.16. The van der Waals surface area contributed by atoms with Gasteiger partial charge < -0.3 is 9.84 Å². The molecular weight excluding hydrogens is 164 g/mol. The van der Waals surface area contributed by atoms with Crippen LogP contribution in [0.4, 0.5) is 0 Å². The lowest BCUT2D eigenvalue weighted by Gasteiger charge is -2.20. The van der Waals surface area contributed by atoms with Gasteiger partial charge in [-0.05, 0) is 26.7 Å². The third-order valence-corrected chi connectivity index (χ3v) is 3.13. The molecule has 0 aromatic carbocycles. The number of allylic oxidation sites excluding steroid dienone is 1. The number of ether oxygens (including phenoxy) is 1. The molecule has 2 fully saturated rings. The molecule has 0 spiro atoms. The van der Waals surface area contributed by atoms with Crippen LogP contribution < -0.4 is 0 Å². The van der Waals surface area contributed by atoms with E-state index in [0.717, 1.165) is 12.8 Å². The van der Waals surface area contributed by atoms with Crippen molar-refractivity contribution in [3.8, 4) is 0 Å². The Bertz CT molecular complexity index is 230. The number of hydrogen-bond acceptors (Lipinski definition) is 2.